The van der Waals surface area contributed by atoms with Crippen LogP contribution >= 0.6 is 24.4 Å². The van der Waals surface area contributed by atoms with Crippen LogP contribution in [0.1, 0.15) is 11.8 Å². The minimum absolute atomic E-state index is 0.298. The van der Waals surface area contributed by atoms with Gasteiger partial charge in [0.05, 0.1) is 0 Å². The van der Waals surface area contributed by atoms with Crippen LogP contribution in [0.5, 0.6) is 0 Å². The zero-order valence-electron chi connectivity index (χ0n) is 12.7. The number of H-pyrrole nitrogens is 2. The van der Waals surface area contributed by atoms with Crippen molar-refractivity contribution in [2.75, 3.05) is 23.7 Å². The summed E-state index contributed by atoms with van der Waals surface area (Å²) in [6.07, 6.45) is 1.32. The van der Waals surface area contributed by atoms with Crippen molar-refractivity contribution in [3.8, 4) is 0 Å². The molecule has 0 aliphatic heterocycles. The SMILES string of the molecule is S=c1[nH]nc(CCNc2ccc(NCCc3n[nH]c(=S)o3)cc2)o1. The van der Waals surface area contributed by atoms with Crippen molar-refractivity contribution < 1.29 is 8.83 Å². The molecule has 0 bridgehead atoms. The number of nitrogens with zero attached hydrogens (tertiary/aromatic N) is 2. The van der Waals surface area contributed by atoms with Crippen LogP contribution in [0.25, 0.3) is 0 Å². The first kappa shape index (κ1) is 16.4. The molecule has 3 rings (SSSR count). The first-order valence-corrected chi connectivity index (χ1v) is 8.17. The molecule has 4 N–H and O–H groups in total. The Bertz CT molecular complexity index is 806. The molecule has 3 aromatic rings. The Hall–Kier alpha value is -2.46. The minimum Gasteiger partial charge on any atom is -0.414 e. The molecule has 0 aliphatic rings. The number of hydrogen-bond donors (Lipinski definition) is 4. The summed E-state index contributed by atoms with van der Waals surface area (Å²) in [6, 6.07) is 8.01. The van der Waals surface area contributed by atoms with Gasteiger partial charge in [-0.05, 0) is 48.7 Å². The number of benzene rings is 1. The van der Waals surface area contributed by atoms with E-state index in [1.54, 1.807) is 0 Å². The fraction of sp³-hybridized carbons (Fsp3) is 0.286. The van der Waals surface area contributed by atoms with E-state index in [1.807, 2.05) is 24.3 Å². The quantitative estimate of drug-likeness (QED) is 0.452. The molecule has 0 amide bonds. The second kappa shape index (κ2) is 7.88. The lowest BCUT2D eigenvalue weighted by Gasteiger charge is -2.08. The van der Waals surface area contributed by atoms with Gasteiger partial charge < -0.3 is 19.5 Å². The maximum absolute atomic E-state index is 5.20. The molecule has 0 spiro atoms. The van der Waals surface area contributed by atoms with E-state index >= 15 is 0 Å². The van der Waals surface area contributed by atoms with Gasteiger partial charge in [-0.3, -0.25) is 0 Å². The van der Waals surface area contributed by atoms with Crippen LogP contribution in [0, 0.1) is 9.67 Å². The summed E-state index contributed by atoms with van der Waals surface area (Å²) in [5, 5.41) is 19.7. The Morgan fingerprint density at radius 1 is 0.792 bits per heavy atom. The van der Waals surface area contributed by atoms with Gasteiger partial charge in [-0.1, -0.05) is 0 Å². The highest BCUT2D eigenvalue weighted by molar-refractivity contribution is 7.71. The van der Waals surface area contributed by atoms with Crippen LogP contribution < -0.4 is 10.6 Å². The van der Waals surface area contributed by atoms with Crippen molar-refractivity contribution in [1.29, 1.82) is 0 Å². The summed E-state index contributed by atoms with van der Waals surface area (Å²) in [5.41, 5.74) is 2.04. The molecule has 0 atom stereocenters. The van der Waals surface area contributed by atoms with Crippen LogP contribution in [0.15, 0.2) is 33.1 Å². The number of aromatic amines is 2. The van der Waals surface area contributed by atoms with E-state index in [0.29, 0.717) is 47.4 Å². The molecule has 0 unspecified atom stereocenters. The normalized spacial score (nSPS) is 10.7. The maximum Gasteiger partial charge on any atom is 0.284 e. The molecule has 2 aromatic heterocycles. The monoisotopic (exact) mass is 364 g/mol. The Labute approximate surface area is 147 Å². The molecule has 10 heteroatoms. The number of hydrogen-bond acceptors (Lipinski definition) is 8. The minimum atomic E-state index is 0.298. The van der Waals surface area contributed by atoms with Crippen LogP contribution in [0.2, 0.25) is 0 Å². The molecule has 8 nitrogen and oxygen atoms in total. The topological polar surface area (TPSA) is 108 Å². The lowest BCUT2D eigenvalue weighted by Crippen LogP contribution is -2.06. The zero-order valence-corrected chi connectivity index (χ0v) is 14.3. The second-order valence-electron chi connectivity index (χ2n) is 4.94. The Kier molecular flexibility index (Phi) is 5.39. The lowest BCUT2D eigenvalue weighted by molar-refractivity contribution is 0.483. The van der Waals surface area contributed by atoms with E-state index in [9.17, 15) is 0 Å². The highest BCUT2D eigenvalue weighted by Gasteiger charge is 2.01. The molecule has 2 heterocycles. The zero-order chi connectivity index (χ0) is 16.8. The molecule has 1 aromatic carbocycles. The average Bonchev–Trinajstić information content (AvgIpc) is 3.17. The van der Waals surface area contributed by atoms with Gasteiger partial charge in [0, 0.05) is 37.3 Å². The Morgan fingerprint density at radius 2 is 1.21 bits per heavy atom. The van der Waals surface area contributed by atoms with Crippen LogP contribution in [-0.2, 0) is 12.8 Å². The molecular formula is C14H16N6O2S2. The van der Waals surface area contributed by atoms with Gasteiger partial charge in [0.15, 0.2) is 0 Å². The molecule has 0 fully saturated rings. The third kappa shape index (κ3) is 4.77. The summed E-state index contributed by atoms with van der Waals surface area (Å²) in [5.74, 6) is 1.19. The molecule has 126 valence electrons. The highest BCUT2D eigenvalue weighted by atomic mass is 32.1. The molecule has 0 saturated heterocycles. The van der Waals surface area contributed by atoms with Crippen molar-refractivity contribution in [1.82, 2.24) is 20.4 Å². The predicted octanol–water partition coefficient (Wildman–Crippen LogP) is 3.09. The van der Waals surface area contributed by atoms with E-state index < -0.39 is 0 Å². The largest absolute Gasteiger partial charge is 0.414 e. The third-order valence-corrected chi connectivity index (χ3v) is 3.53. The van der Waals surface area contributed by atoms with Crippen molar-refractivity contribution in [2.45, 2.75) is 12.8 Å². The van der Waals surface area contributed by atoms with E-state index in [0.717, 1.165) is 11.4 Å². The first-order valence-electron chi connectivity index (χ1n) is 7.35. The van der Waals surface area contributed by atoms with Gasteiger partial charge in [-0.2, -0.15) is 0 Å². The standard InChI is InChI=1S/C14H16N6O2S2/c23-13-19-17-11(21-13)5-7-15-9-1-2-10(4-3-9)16-8-6-12-18-20-14(24)22-12/h1-4,15-16H,5-8H2,(H,19,23)(H,20,24). The van der Waals surface area contributed by atoms with Gasteiger partial charge >= 0.3 is 0 Å². The number of nitrogens with one attached hydrogen (secondary N) is 4. The first-order chi connectivity index (χ1) is 11.7. The van der Waals surface area contributed by atoms with Gasteiger partial charge in [-0.15, -0.1) is 10.2 Å². The van der Waals surface area contributed by atoms with Crippen molar-refractivity contribution in [2.24, 2.45) is 0 Å². The van der Waals surface area contributed by atoms with Gasteiger partial charge in [0.1, 0.15) is 0 Å². The second-order valence-corrected chi connectivity index (χ2v) is 5.69. The maximum atomic E-state index is 5.20. The molecule has 0 aliphatic carbocycles. The summed E-state index contributed by atoms with van der Waals surface area (Å²) in [7, 11) is 0. The number of rotatable bonds is 8. The molecular weight excluding hydrogens is 348 g/mol. The fourth-order valence-electron chi connectivity index (χ4n) is 2.07. The average molecular weight is 364 g/mol. The summed E-state index contributed by atoms with van der Waals surface area (Å²) >= 11 is 9.66. The smallest absolute Gasteiger partial charge is 0.284 e. The van der Waals surface area contributed by atoms with E-state index in [-0.39, 0.29) is 0 Å². The third-order valence-electron chi connectivity index (χ3n) is 3.19. The lowest BCUT2D eigenvalue weighted by atomic mass is 10.2. The Balaban J connectivity index is 1.41. The van der Waals surface area contributed by atoms with Gasteiger partial charge in [0.2, 0.25) is 11.8 Å². The molecule has 24 heavy (non-hydrogen) atoms. The van der Waals surface area contributed by atoms with Crippen LogP contribution in [-0.4, -0.2) is 33.5 Å². The summed E-state index contributed by atoms with van der Waals surface area (Å²) in [4.78, 5) is 0.596. The summed E-state index contributed by atoms with van der Waals surface area (Å²) < 4.78 is 10.4. The summed E-state index contributed by atoms with van der Waals surface area (Å²) in [6.45, 7) is 1.42. The number of anilines is 2. The molecule has 0 saturated carbocycles. The Morgan fingerprint density at radius 3 is 1.54 bits per heavy atom. The molecule has 0 radical (unpaired) electrons. The van der Waals surface area contributed by atoms with Crippen LogP contribution in [0.3, 0.4) is 0 Å². The van der Waals surface area contributed by atoms with Crippen molar-refractivity contribution in [3.63, 3.8) is 0 Å². The van der Waals surface area contributed by atoms with E-state index in [4.69, 9.17) is 33.3 Å². The fourth-order valence-corrected chi connectivity index (χ4v) is 2.35. The predicted molar refractivity (Wildman–Crippen MR) is 94.2 cm³/mol. The van der Waals surface area contributed by atoms with Gasteiger partial charge in [0.25, 0.3) is 9.67 Å². The van der Waals surface area contributed by atoms with Crippen molar-refractivity contribution in [3.05, 3.63) is 45.7 Å². The number of aromatic nitrogens is 4. The van der Waals surface area contributed by atoms with Gasteiger partial charge in [-0.25, -0.2) is 10.2 Å². The van der Waals surface area contributed by atoms with E-state index in [2.05, 4.69) is 31.0 Å². The van der Waals surface area contributed by atoms with Crippen LogP contribution in [0.4, 0.5) is 11.4 Å². The highest BCUT2D eigenvalue weighted by Crippen LogP contribution is 2.13. The van der Waals surface area contributed by atoms with E-state index in [1.165, 1.54) is 0 Å². The van der Waals surface area contributed by atoms with Crippen molar-refractivity contribution >= 4 is 35.8 Å².